The summed E-state index contributed by atoms with van der Waals surface area (Å²) in [7, 11) is 2.09. The lowest BCUT2D eigenvalue weighted by Gasteiger charge is -2.30. The summed E-state index contributed by atoms with van der Waals surface area (Å²) in [4.78, 5) is 22.5. The number of aryl methyl sites for hydroxylation is 1. The molecule has 0 spiro atoms. The zero-order chi connectivity index (χ0) is 26.6. The van der Waals surface area contributed by atoms with E-state index in [0.29, 0.717) is 17.2 Å². The monoisotopic (exact) mass is 578 g/mol. The number of carbonyl (C=O) groups excluding carboxylic acids is 1. The molecule has 0 aliphatic heterocycles. The van der Waals surface area contributed by atoms with Gasteiger partial charge in [-0.3, -0.25) is 9.69 Å². The molecule has 0 saturated heterocycles. The van der Waals surface area contributed by atoms with Crippen molar-refractivity contribution in [3.8, 4) is 0 Å². The number of anilines is 1. The highest BCUT2D eigenvalue weighted by Gasteiger charge is 2.29. The number of thiazole rings is 1. The first kappa shape index (κ1) is 30.5. The first-order valence-electron chi connectivity index (χ1n) is 13.1. The van der Waals surface area contributed by atoms with Crippen LogP contribution in [-0.2, 0) is 16.4 Å². The smallest absolute Gasteiger partial charge is 0.260 e. The van der Waals surface area contributed by atoms with Gasteiger partial charge in [0.1, 0.15) is 0 Å². The number of rotatable bonds is 10. The van der Waals surface area contributed by atoms with Crippen molar-refractivity contribution in [1.82, 2.24) is 14.2 Å². The number of aromatic nitrogens is 1. The van der Waals surface area contributed by atoms with Crippen LogP contribution in [0.15, 0.2) is 47.4 Å². The molecule has 0 unspecified atom stereocenters. The highest BCUT2D eigenvalue weighted by molar-refractivity contribution is 7.89. The molecule has 0 radical (unpaired) electrons. The normalized spacial score (nSPS) is 14.7. The Kier molecular flexibility index (Phi) is 10.7. The maximum atomic E-state index is 13.7. The predicted molar refractivity (Wildman–Crippen MR) is 159 cm³/mol. The van der Waals surface area contributed by atoms with Crippen LogP contribution >= 0.6 is 23.7 Å². The van der Waals surface area contributed by atoms with Gasteiger partial charge in [0.2, 0.25) is 10.0 Å². The molecular weight excluding hydrogens is 540 g/mol. The molecule has 1 saturated carbocycles. The minimum atomic E-state index is -3.61. The van der Waals surface area contributed by atoms with Gasteiger partial charge in [-0.25, -0.2) is 13.4 Å². The maximum absolute atomic E-state index is 13.7. The summed E-state index contributed by atoms with van der Waals surface area (Å²) in [6, 6.07) is 12.7. The van der Waals surface area contributed by atoms with E-state index in [2.05, 4.69) is 24.0 Å². The number of fused-ring (bicyclic) bond motifs is 1. The molecule has 7 nitrogen and oxygen atoms in total. The third kappa shape index (κ3) is 6.93. The van der Waals surface area contributed by atoms with Crippen LogP contribution in [0.3, 0.4) is 0 Å². The highest BCUT2D eigenvalue weighted by Crippen LogP contribution is 2.31. The third-order valence-corrected chi connectivity index (χ3v) is 10.1. The largest absolute Gasteiger partial charge is 0.309 e. The van der Waals surface area contributed by atoms with Gasteiger partial charge in [-0.2, -0.15) is 4.31 Å². The lowest BCUT2D eigenvalue weighted by Crippen LogP contribution is -2.38. The number of hydrogen-bond donors (Lipinski definition) is 0. The Labute approximate surface area is 237 Å². The molecule has 0 bridgehead atoms. The second-order valence-electron chi connectivity index (χ2n) is 10.1. The van der Waals surface area contributed by atoms with Crippen molar-refractivity contribution in [2.45, 2.75) is 62.8 Å². The minimum absolute atomic E-state index is 0. The number of hydrogen-bond acceptors (Lipinski definition) is 6. The van der Waals surface area contributed by atoms with E-state index in [1.165, 1.54) is 27.6 Å². The summed E-state index contributed by atoms with van der Waals surface area (Å²) in [6.45, 7) is 3.50. The Balaban J connectivity index is 0.00000400. The van der Waals surface area contributed by atoms with E-state index in [-0.39, 0.29) is 29.3 Å². The molecule has 3 aromatic rings. The van der Waals surface area contributed by atoms with Crippen molar-refractivity contribution in [2.75, 3.05) is 39.1 Å². The average Bonchev–Trinajstić information content (AvgIpc) is 3.33. The first-order chi connectivity index (χ1) is 17.7. The lowest BCUT2D eigenvalue weighted by molar-refractivity contribution is 0.0986. The molecule has 1 fully saturated rings. The molecule has 1 heterocycles. The molecule has 1 amide bonds. The van der Waals surface area contributed by atoms with Crippen LogP contribution in [0.2, 0.25) is 0 Å². The molecule has 1 aliphatic rings. The minimum Gasteiger partial charge on any atom is -0.309 e. The fourth-order valence-corrected chi connectivity index (χ4v) is 7.32. The predicted octanol–water partition coefficient (Wildman–Crippen LogP) is 5.83. The average molecular weight is 579 g/mol. The third-order valence-electron chi connectivity index (χ3n) is 7.18. The van der Waals surface area contributed by atoms with Crippen molar-refractivity contribution in [3.63, 3.8) is 0 Å². The van der Waals surface area contributed by atoms with E-state index in [1.807, 2.05) is 20.2 Å². The fraction of sp³-hybridized carbons (Fsp3) is 0.500. The number of carbonyl (C=O) groups is 1. The Hall–Kier alpha value is -2.04. The fourth-order valence-electron chi connectivity index (χ4n) is 4.85. The molecule has 2 aromatic carbocycles. The van der Waals surface area contributed by atoms with Gasteiger partial charge in [0.05, 0.1) is 15.1 Å². The SMILES string of the molecule is CCc1ccc2nc(N(CCCN(C)C)C(=O)c3ccc(S(=O)(=O)N(C)C4CCCCC4)cc3)sc2c1.Cl. The number of amides is 1. The maximum Gasteiger partial charge on any atom is 0.260 e. The Morgan fingerprint density at radius 2 is 1.68 bits per heavy atom. The quantitative estimate of drug-likeness (QED) is 0.302. The molecule has 1 aliphatic carbocycles. The van der Waals surface area contributed by atoms with Crippen molar-refractivity contribution in [2.24, 2.45) is 0 Å². The van der Waals surface area contributed by atoms with E-state index in [0.717, 1.165) is 55.3 Å². The number of sulfonamides is 1. The molecular formula is C28H39ClN4O3S2. The summed E-state index contributed by atoms with van der Waals surface area (Å²) in [6.07, 6.45) is 6.83. The van der Waals surface area contributed by atoms with Gasteiger partial charge in [0.15, 0.2) is 5.13 Å². The van der Waals surface area contributed by atoms with Gasteiger partial charge in [0, 0.05) is 25.2 Å². The Morgan fingerprint density at radius 3 is 2.32 bits per heavy atom. The molecule has 208 valence electrons. The lowest BCUT2D eigenvalue weighted by atomic mass is 9.96. The van der Waals surface area contributed by atoms with Crippen molar-refractivity contribution < 1.29 is 13.2 Å². The second kappa shape index (κ2) is 13.3. The topological polar surface area (TPSA) is 73.8 Å². The summed E-state index contributed by atoms with van der Waals surface area (Å²) in [5, 5.41) is 0.667. The standard InChI is InChI=1S/C28H38N4O3S2.ClH/c1-5-21-12-17-25-26(20-21)36-28(29-25)32(19-9-18-30(2)3)27(33)22-13-15-24(16-14-22)37(34,35)31(4)23-10-7-6-8-11-23;/h12-17,20,23H,5-11,18-19H2,1-4H3;1H. The van der Waals surface area contributed by atoms with Crippen LogP contribution in [-0.4, -0.2) is 68.8 Å². The Morgan fingerprint density at radius 1 is 1.00 bits per heavy atom. The van der Waals surface area contributed by atoms with E-state index < -0.39 is 10.0 Å². The molecule has 10 heteroatoms. The summed E-state index contributed by atoms with van der Waals surface area (Å²) < 4.78 is 29.1. The van der Waals surface area contributed by atoms with Gasteiger partial charge < -0.3 is 4.90 Å². The molecule has 38 heavy (non-hydrogen) atoms. The second-order valence-corrected chi connectivity index (χ2v) is 13.1. The molecule has 4 rings (SSSR count). The summed E-state index contributed by atoms with van der Waals surface area (Å²) >= 11 is 1.52. The van der Waals surface area contributed by atoms with Crippen LogP contribution in [0.4, 0.5) is 5.13 Å². The van der Waals surface area contributed by atoms with Gasteiger partial charge in [0.25, 0.3) is 5.91 Å². The van der Waals surface area contributed by atoms with Crippen molar-refractivity contribution in [3.05, 3.63) is 53.6 Å². The molecule has 0 atom stereocenters. The van der Waals surface area contributed by atoms with Gasteiger partial charge in [-0.05, 0) is 88.3 Å². The molecule has 1 aromatic heterocycles. The summed E-state index contributed by atoms with van der Waals surface area (Å²) in [5.41, 5.74) is 2.58. The first-order valence-corrected chi connectivity index (χ1v) is 15.4. The van der Waals surface area contributed by atoms with Gasteiger partial charge in [-0.15, -0.1) is 12.4 Å². The van der Waals surface area contributed by atoms with Crippen LogP contribution in [0.25, 0.3) is 10.2 Å². The number of halogens is 1. The van der Waals surface area contributed by atoms with Crippen LogP contribution < -0.4 is 4.90 Å². The zero-order valence-corrected chi connectivity index (χ0v) is 25.2. The summed E-state index contributed by atoms with van der Waals surface area (Å²) in [5.74, 6) is -0.168. The van der Waals surface area contributed by atoms with E-state index in [9.17, 15) is 13.2 Å². The van der Waals surface area contributed by atoms with Gasteiger partial charge >= 0.3 is 0 Å². The van der Waals surface area contributed by atoms with E-state index in [4.69, 9.17) is 4.98 Å². The van der Waals surface area contributed by atoms with Crippen LogP contribution in [0.5, 0.6) is 0 Å². The number of nitrogens with zero attached hydrogens (tertiary/aromatic N) is 4. The zero-order valence-electron chi connectivity index (χ0n) is 22.7. The van der Waals surface area contributed by atoms with Gasteiger partial charge in [-0.1, -0.05) is 43.6 Å². The van der Waals surface area contributed by atoms with Crippen molar-refractivity contribution in [1.29, 1.82) is 0 Å². The van der Waals surface area contributed by atoms with E-state index >= 15 is 0 Å². The molecule has 0 N–H and O–H groups in total. The Bertz CT molecular complexity index is 1320. The van der Waals surface area contributed by atoms with Crippen LogP contribution in [0, 0.1) is 0 Å². The number of benzene rings is 2. The van der Waals surface area contributed by atoms with Crippen molar-refractivity contribution >= 4 is 55.0 Å². The van der Waals surface area contributed by atoms with Crippen LogP contribution in [0.1, 0.15) is 61.4 Å². The van der Waals surface area contributed by atoms with E-state index in [1.54, 1.807) is 36.2 Å². The highest BCUT2D eigenvalue weighted by atomic mass is 35.5.